The van der Waals surface area contributed by atoms with Crippen LogP contribution in [0.25, 0.3) is 0 Å². The second kappa shape index (κ2) is 19.8. The highest BCUT2D eigenvalue weighted by Gasteiger charge is 2.60. The third-order valence-electron chi connectivity index (χ3n) is 9.98. The monoisotopic (exact) mass is 836 g/mol. The summed E-state index contributed by atoms with van der Waals surface area (Å²) >= 11 is 0. The number of aliphatic carboxylic acids is 1. The molecular formula is C31H52N2O24. The lowest BCUT2D eigenvalue weighted by Gasteiger charge is -2.51. The summed E-state index contributed by atoms with van der Waals surface area (Å²) in [4.78, 5) is 37.4. The third-order valence-corrected chi connectivity index (χ3v) is 9.98. The van der Waals surface area contributed by atoms with Gasteiger partial charge in [0.05, 0.1) is 38.6 Å². The molecule has 0 aromatic rings. The van der Waals surface area contributed by atoms with Crippen molar-refractivity contribution in [3.05, 3.63) is 0 Å². The molecule has 4 fully saturated rings. The Balaban J connectivity index is 1.66. The van der Waals surface area contributed by atoms with Crippen molar-refractivity contribution in [3.8, 4) is 0 Å². The SMILES string of the molecule is CC(=O)N[C@H]1[C@H](O[C@@H]2[C@H](O)[C@@H](O)[C@H](O[C@@H]3[C@@H](O)[C@H](O)O[C@H](CO)[C@H]3O)O[C@@H]2CO)O[C@H](CO)[C@H](O)[C@@H]1O[C@]1(C(=O)O)C[C@H](O)[C@@H](NC(C)=O)[C@H]([C@H](O)[C@H](O)CO)O1. The Labute approximate surface area is 322 Å². The number of aliphatic hydroxyl groups excluding tert-OH is 13. The molecule has 330 valence electrons. The molecule has 0 aromatic heterocycles. The fourth-order valence-electron chi connectivity index (χ4n) is 7.05. The maximum Gasteiger partial charge on any atom is 0.364 e. The highest BCUT2D eigenvalue weighted by Crippen LogP contribution is 2.39. The van der Waals surface area contributed by atoms with E-state index < -0.39 is 179 Å². The van der Waals surface area contributed by atoms with Crippen molar-refractivity contribution in [2.45, 2.75) is 149 Å². The molecule has 0 aromatic carbocycles. The topological polar surface area (TPSA) is 423 Å². The van der Waals surface area contributed by atoms with E-state index in [2.05, 4.69) is 10.6 Å². The molecule has 4 heterocycles. The maximum atomic E-state index is 12.9. The molecule has 21 atom stereocenters. The second-order valence-corrected chi connectivity index (χ2v) is 14.0. The molecule has 4 aliphatic heterocycles. The maximum absolute atomic E-state index is 12.9. The lowest BCUT2D eigenvalue weighted by molar-refractivity contribution is -0.381. The van der Waals surface area contributed by atoms with Crippen molar-refractivity contribution < 1.29 is 119 Å². The zero-order valence-electron chi connectivity index (χ0n) is 30.4. The predicted octanol–water partition coefficient (Wildman–Crippen LogP) is -10.3. The highest BCUT2D eigenvalue weighted by molar-refractivity contribution is 5.77. The molecule has 4 rings (SSSR count). The minimum absolute atomic E-state index is 0.788. The van der Waals surface area contributed by atoms with Crippen LogP contribution in [0, 0.1) is 0 Å². The van der Waals surface area contributed by atoms with E-state index >= 15 is 0 Å². The van der Waals surface area contributed by atoms with Crippen molar-refractivity contribution >= 4 is 17.8 Å². The van der Waals surface area contributed by atoms with Crippen LogP contribution in [0.2, 0.25) is 0 Å². The highest BCUT2D eigenvalue weighted by atomic mass is 16.8. The van der Waals surface area contributed by atoms with E-state index in [4.69, 9.17) is 33.2 Å². The summed E-state index contributed by atoms with van der Waals surface area (Å²) in [6.07, 6.45) is -36.0. The minimum Gasteiger partial charge on any atom is -0.477 e. The molecule has 0 radical (unpaired) electrons. The van der Waals surface area contributed by atoms with Crippen LogP contribution in [-0.2, 0) is 47.5 Å². The van der Waals surface area contributed by atoms with E-state index in [-0.39, 0.29) is 0 Å². The molecule has 26 heteroatoms. The quantitative estimate of drug-likeness (QED) is 0.0728. The van der Waals surface area contributed by atoms with Crippen molar-refractivity contribution in [2.75, 3.05) is 26.4 Å². The third kappa shape index (κ3) is 10.2. The zero-order chi connectivity index (χ0) is 42.7. The van der Waals surface area contributed by atoms with Gasteiger partial charge < -0.3 is 115 Å². The average Bonchev–Trinajstić information content (AvgIpc) is 3.16. The Morgan fingerprint density at radius 2 is 1.21 bits per heavy atom. The van der Waals surface area contributed by atoms with Gasteiger partial charge in [-0.3, -0.25) is 9.59 Å². The van der Waals surface area contributed by atoms with Gasteiger partial charge in [0.15, 0.2) is 18.9 Å². The summed E-state index contributed by atoms with van der Waals surface area (Å²) in [5.74, 6) is -6.81. The number of hydrogen-bond donors (Lipinski definition) is 16. The molecule has 0 bridgehead atoms. The lowest BCUT2D eigenvalue weighted by Crippen LogP contribution is -2.72. The molecule has 16 N–H and O–H groups in total. The van der Waals surface area contributed by atoms with Gasteiger partial charge in [-0.15, -0.1) is 0 Å². The molecule has 0 unspecified atom stereocenters. The van der Waals surface area contributed by atoms with Crippen LogP contribution in [0.4, 0.5) is 0 Å². The molecule has 4 aliphatic rings. The number of amides is 2. The van der Waals surface area contributed by atoms with Gasteiger partial charge in [-0.1, -0.05) is 0 Å². The smallest absolute Gasteiger partial charge is 0.364 e. The number of aliphatic hydroxyl groups is 13. The van der Waals surface area contributed by atoms with Crippen LogP contribution in [0.5, 0.6) is 0 Å². The number of carbonyl (C=O) groups is 3. The van der Waals surface area contributed by atoms with Gasteiger partial charge in [0, 0.05) is 20.3 Å². The summed E-state index contributed by atoms with van der Waals surface area (Å²) in [5, 5.41) is 151. The van der Waals surface area contributed by atoms with Gasteiger partial charge in [-0.2, -0.15) is 0 Å². The Kier molecular flexibility index (Phi) is 16.4. The summed E-state index contributed by atoms with van der Waals surface area (Å²) in [6, 6.07) is -3.47. The van der Waals surface area contributed by atoms with Crippen LogP contribution >= 0.6 is 0 Å². The van der Waals surface area contributed by atoms with Gasteiger partial charge in [-0.05, 0) is 0 Å². The van der Waals surface area contributed by atoms with E-state index in [1.165, 1.54) is 0 Å². The number of hydrogen-bond acceptors (Lipinski definition) is 23. The zero-order valence-corrected chi connectivity index (χ0v) is 30.4. The molecule has 0 saturated carbocycles. The molecule has 0 spiro atoms. The van der Waals surface area contributed by atoms with E-state index in [0.29, 0.717) is 0 Å². The van der Waals surface area contributed by atoms with Crippen LogP contribution in [0.1, 0.15) is 20.3 Å². The predicted molar refractivity (Wildman–Crippen MR) is 174 cm³/mol. The lowest BCUT2D eigenvalue weighted by atomic mass is 9.88. The van der Waals surface area contributed by atoms with Crippen LogP contribution in [-0.4, -0.2) is 244 Å². The first-order chi connectivity index (χ1) is 26.7. The first kappa shape index (κ1) is 47.3. The Bertz CT molecular complexity index is 1350. The minimum atomic E-state index is -3.11. The number of carbonyl (C=O) groups excluding carboxylic acids is 2. The fraction of sp³-hybridized carbons (Fsp3) is 0.903. The fourth-order valence-corrected chi connectivity index (χ4v) is 7.05. The Morgan fingerprint density at radius 1 is 0.684 bits per heavy atom. The second-order valence-electron chi connectivity index (χ2n) is 14.0. The number of rotatable bonds is 15. The van der Waals surface area contributed by atoms with E-state index in [1.54, 1.807) is 0 Å². The molecular weight excluding hydrogens is 784 g/mol. The van der Waals surface area contributed by atoms with Crippen molar-refractivity contribution in [1.29, 1.82) is 0 Å². The number of ether oxygens (including phenoxy) is 7. The summed E-state index contributed by atoms with van der Waals surface area (Å²) in [6.45, 7) is -2.02. The summed E-state index contributed by atoms with van der Waals surface area (Å²) in [7, 11) is 0. The summed E-state index contributed by atoms with van der Waals surface area (Å²) < 4.78 is 38.9. The van der Waals surface area contributed by atoms with Gasteiger partial charge in [0.1, 0.15) is 91.5 Å². The van der Waals surface area contributed by atoms with Crippen LogP contribution < -0.4 is 10.6 Å². The number of carboxylic acids is 1. The number of carboxylic acid groups (broad SMARTS) is 1. The Morgan fingerprint density at radius 3 is 1.75 bits per heavy atom. The first-order valence-corrected chi connectivity index (χ1v) is 17.7. The first-order valence-electron chi connectivity index (χ1n) is 17.7. The van der Waals surface area contributed by atoms with E-state index in [1.807, 2.05) is 0 Å². The normalized spacial score (nSPS) is 45.1. The van der Waals surface area contributed by atoms with E-state index in [9.17, 15) is 85.9 Å². The summed E-state index contributed by atoms with van der Waals surface area (Å²) in [5.41, 5.74) is 0. The Hall–Kier alpha value is -2.39. The van der Waals surface area contributed by atoms with Crippen molar-refractivity contribution in [3.63, 3.8) is 0 Å². The van der Waals surface area contributed by atoms with Crippen molar-refractivity contribution in [2.24, 2.45) is 0 Å². The van der Waals surface area contributed by atoms with E-state index in [0.717, 1.165) is 13.8 Å². The molecule has 57 heavy (non-hydrogen) atoms. The largest absolute Gasteiger partial charge is 0.477 e. The van der Waals surface area contributed by atoms with Crippen molar-refractivity contribution in [1.82, 2.24) is 10.6 Å². The van der Waals surface area contributed by atoms with Gasteiger partial charge in [0.25, 0.3) is 5.79 Å². The van der Waals surface area contributed by atoms with Gasteiger partial charge in [-0.25, -0.2) is 4.79 Å². The molecule has 26 nitrogen and oxygen atoms in total. The number of nitrogens with one attached hydrogen (secondary N) is 2. The molecule has 4 saturated heterocycles. The van der Waals surface area contributed by atoms with Gasteiger partial charge in [0.2, 0.25) is 11.8 Å². The standard InChI is InChI=1S/C31H52N2O24/c1-8(38)32-15-10(40)3-31(30(49)50,56-24(15)17(42)11(41)4-34)57-25-16(33-9(2)39)28(52-13(6-36)18(25)43)54-23-14(7-37)53-29(21(46)20(23)45)55-26-19(44)12(5-35)51-27(48)22(26)47/h10-29,34-37,40-48H,3-7H2,1-2H3,(H,32,38)(H,33,39)(H,49,50)/t10-,11+,12+,13+,14+,15+,16+,17+,18-,19+,20+,21+,22+,23-,24+,25+,26-,27+,28-,29-,31-/m0/s1. The average molecular weight is 837 g/mol. The molecule has 0 aliphatic carbocycles. The van der Waals surface area contributed by atoms with Crippen LogP contribution in [0.15, 0.2) is 0 Å². The van der Waals surface area contributed by atoms with Gasteiger partial charge >= 0.3 is 5.97 Å². The van der Waals surface area contributed by atoms with Crippen LogP contribution in [0.3, 0.4) is 0 Å². The molecule has 2 amide bonds.